The van der Waals surface area contributed by atoms with E-state index >= 15 is 0 Å². The van der Waals surface area contributed by atoms with Crippen LogP contribution >= 0.6 is 0 Å². The molecule has 2 heterocycles. The molecule has 2 aromatic heterocycles. The number of carbonyl (C=O) groups is 1. The minimum Gasteiger partial charge on any atom is -0.497 e. The van der Waals surface area contributed by atoms with Crippen LogP contribution in [-0.2, 0) is 26.2 Å². The summed E-state index contributed by atoms with van der Waals surface area (Å²) in [5.74, 6) is 1.64. The van der Waals surface area contributed by atoms with Gasteiger partial charge in [-0.05, 0) is 47.0 Å². The van der Waals surface area contributed by atoms with Crippen LogP contribution in [0.1, 0.15) is 33.0 Å². The average Bonchev–Trinajstić information content (AvgIpc) is 3.33. The number of aromatic nitrogens is 1. The Bertz CT molecular complexity index is 1140. The summed E-state index contributed by atoms with van der Waals surface area (Å²) in [6, 6.07) is 25.7. The second-order valence-electron chi connectivity index (χ2n) is 7.79. The van der Waals surface area contributed by atoms with Gasteiger partial charge in [-0.1, -0.05) is 48.5 Å². The Balaban J connectivity index is 1.42. The van der Waals surface area contributed by atoms with Crippen LogP contribution in [0.3, 0.4) is 0 Å². The van der Waals surface area contributed by atoms with E-state index in [4.69, 9.17) is 9.15 Å². The first-order valence-electron chi connectivity index (χ1n) is 10.8. The lowest BCUT2D eigenvalue weighted by Crippen LogP contribution is -2.23. The maximum absolute atomic E-state index is 12.5. The normalized spacial score (nSPS) is 10.8. The van der Waals surface area contributed by atoms with Gasteiger partial charge >= 0.3 is 0 Å². The summed E-state index contributed by atoms with van der Waals surface area (Å²) in [5.41, 5.74) is 3.32. The smallest absolute Gasteiger partial charge is 0.287 e. The number of ether oxygens (including phenoxy) is 1. The highest BCUT2D eigenvalue weighted by Crippen LogP contribution is 2.18. The van der Waals surface area contributed by atoms with Crippen molar-refractivity contribution >= 4 is 5.91 Å². The molecule has 0 atom stereocenters. The highest BCUT2D eigenvalue weighted by Gasteiger charge is 2.15. The Labute approximate surface area is 193 Å². The topological polar surface area (TPSA) is 67.6 Å². The largest absolute Gasteiger partial charge is 0.497 e. The van der Waals surface area contributed by atoms with Gasteiger partial charge in [-0.3, -0.25) is 14.7 Å². The first-order chi connectivity index (χ1) is 16.2. The van der Waals surface area contributed by atoms with Gasteiger partial charge in [0.25, 0.3) is 5.91 Å². The van der Waals surface area contributed by atoms with E-state index in [9.17, 15) is 4.79 Å². The third kappa shape index (κ3) is 6.54. The first-order valence-corrected chi connectivity index (χ1v) is 10.8. The van der Waals surface area contributed by atoms with Crippen molar-refractivity contribution in [2.75, 3.05) is 7.11 Å². The molecule has 0 aliphatic carbocycles. The Morgan fingerprint density at radius 1 is 0.879 bits per heavy atom. The summed E-state index contributed by atoms with van der Waals surface area (Å²) < 4.78 is 11.2. The fourth-order valence-corrected chi connectivity index (χ4v) is 3.58. The van der Waals surface area contributed by atoms with Crippen LogP contribution < -0.4 is 10.1 Å². The molecule has 6 heteroatoms. The number of carbonyl (C=O) groups excluding carboxylic acids is 1. The van der Waals surface area contributed by atoms with Crippen molar-refractivity contribution in [1.29, 1.82) is 0 Å². The van der Waals surface area contributed by atoms with Gasteiger partial charge in [0.2, 0.25) is 0 Å². The van der Waals surface area contributed by atoms with Crippen LogP contribution in [-0.4, -0.2) is 22.9 Å². The molecule has 0 spiro atoms. The molecule has 4 rings (SSSR count). The van der Waals surface area contributed by atoms with Gasteiger partial charge in [0.05, 0.1) is 13.7 Å². The van der Waals surface area contributed by atoms with Crippen LogP contribution in [0, 0.1) is 0 Å². The number of amides is 1. The molecule has 6 nitrogen and oxygen atoms in total. The molecule has 0 saturated carbocycles. The van der Waals surface area contributed by atoms with E-state index in [1.54, 1.807) is 25.6 Å². The minimum atomic E-state index is -0.241. The lowest BCUT2D eigenvalue weighted by molar-refractivity contribution is 0.0918. The van der Waals surface area contributed by atoms with Crippen molar-refractivity contribution in [2.45, 2.75) is 26.2 Å². The van der Waals surface area contributed by atoms with E-state index in [-0.39, 0.29) is 5.91 Å². The predicted octanol–water partition coefficient (Wildman–Crippen LogP) is 4.82. The van der Waals surface area contributed by atoms with Crippen molar-refractivity contribution in [3.63, 3.8) is 0 Å². The Hall–Kier alpha value is -3.90. The van der Waals surface area contributed by atoms with Gasteiger partial charge in [-0.2, -0.15) is 0 Å². The zero-order valence-electron chi connectivity index (χ0n) is 18.6. The van der Waals surface area contributed by atoms with Crippen molar-refractivity contribution in [3.8, 4) is 5.75 Å². The van der Waals surface area contributed by atoms with Crippen LogP contribution in [0.4, 0.5) is 0 Å². The van der Waals surface area contributed by atoms with Crippen LogP contribution in [0.2, 0.25) is 0 Å². The molecule has 1 amide bonds. The monoisotopic (exact) mass is 441 g/mol. The van der Waals surface area contributed by atoms with E-state index in [0.29, 0.717) is 18.8 Å². The number of hydrogen-bond donors (Lipinski definition) is 1. The lowest BCUT2D eigenvalue weighted by atomic mass is 10.1. The van der Waals surface area contributed by atoms with Gasteiger partial charge in [0, 0.05) is 32.0 Å². The van der Waals surface area contributed by atoms with Crippen LogP contribution in [0.25, 0.3) is 0 Å². The Kier molecular flexibility index (Phi) is 7.51. The number of furan rings is 1. The molecule has 0 fully saturated rings. The quantitative estimate of drug-likeness (QED) is 0.382. The number of nitrogens with one attached hydrogen (secondary N) is 1. The fourth-order valence-electron chi connectivity index (χ4n) is 3.58. The summed E-state index contributed by atoms with van der Waals surface area (Å²) in [6.45, 7) is 2.48. The third-order valence-corrected chi connectivity index (χ3v) is 5.25. The Morgan fingerprint density at radius 2 is 1.61 bits per heavy atom. The number of pyridine rings is 1. The summed E-state index contributed by atoms with van der Waals surface area (Å²) in [5, 5.41) is 2.87. The number of benzene rings is 2. The number of hydrogen-bond acceptors (Lipinski definition) is 5. The van der Waals surface area contributed by atoms with Crippen molar-refractivity contribution < 1.29 is 13.9 Å². The first kappa shape index (κ1) is 22.3. The molecular formula is C27H27N3O3. The molecule has 0 aliphatic heterocycles. The summed E-state index contributed by atoms with van der Waals surface area (Å²) in [6.07, 6.45) is 3.44. The van der Waals surface area contributed by atoms with Crippen molar-refractivity contribution in [1.82, 2.24) is 15.2 Å². The van der Waals surface area contributed by atoms with Gasteiger partial charge in [-0.15, -0.1) is 0 Å². The zero-order chi connectivity index (χ0) is 22.9. The predicted molar refractivity (Wildman–Crippen MR) is 127 cm³/mol. The molecule has 0 bridgehead atoms. The molecule has 1 N–H and O–H groups in total. The molecular weight excluding hydrogens is 414 g/mol. The molecule has 0 aliphatic rings. The number of rotatable bonds is 10. The van der Waals surface area contributed by atoms with Gasteiger partial charge in [-0.25, -0.2) is 0 Å². The number of nitrogens with zero attached hydrogens (tertiary/aromatic N) is 2. The van der Waals surface area contributed by atoms with E-state index in [1.807, 2.05) is 48.5 Å². The van der Waals surface area contributed by atoms with E-state index < -0.39 is 0 Å². The maximum atomic E-state index is 12.5. The second kappa shape index (κ2) is 11.1. The summed E-state index contributed by atoms with van der Waals surface area (Å²) >= 11 is 0. The Morgan fingerprint density at radius 3 is 2.30 bits per heavy atom. The van der Waals surface area contributed by atoms with Gasteiger partial charge in [0.1, 0.15) is 11.5 Å². The molecule has 33 heavy (non-hydrogen) atoms. The van der Waals surface area contributed by atoms with Crippen LogP contribution in [0.5, 0.6) is 5.75 Å². The standard InChI is InChI=1S/C27H27N3O3/c1-32-24-11-9-22(10-12-24)19-30(18-21-6-3-2-4-7-21)20-25-13-14-26(33-25)27(31)29-17-23-8-5-15-28-16-23/h2-16H,17-20H2,1H3,(H,29,31). The second-order valence-corrected chi connectivity index (χ2v) is 7.79. The average molecular weight is 442 g/mol. The van der Waals surface area contributed by atoms with Crippen molar-refractivity contribution in [2.24, 2.45) is 0 Å². The highest BCUT2D eigenvalue weighted by molar-refractivity contribution is 5.91. The maximum Gasteiger partial charge on any atom is 0.287 e. The summed E-state index contributed by atoms with van der Waals surface area (Å²) in [4.78, 5) is 18.9. The fraction of sp³-hybridized carbons (Fsp3) is 0.185. The van der Waals surface area contributed by atoms with Crippen molar-refractivity contribution in [3.05, 3.63) is 119 Å². The molecule has 0 saturated heterocycles. The number of methoxy groups -OCH3 is 1. The third-order valence-electron chi connectivity index (χ3n) is 5.25. The zero-order valence-corrected chi connectivity index (χ0v) is 18.6. The van der Waals surface area contributed by atoms with E-state index in [2.05, 4.69) is 39.5 Å². The SMILES string of the molecule is COc1ccc(CN(Cc2ccccc2)Cc2ccc(C(=O)NCc3cccnc3)o2)cc1. The summed E-state index contributed by atoms with van der Waals surface area (Å²) in [7, 11) is 1.66. The van der Waals surface area contributed by atoms with E-state index in [1.165, 1.54) is 11.1 Å². The lowest BCUT2D eigenvalue weighted by Gasteiger charge is -2.21. The van der Waals surface area contributed by atoms with E-state index in [0.717, 1.165) is 30.2 Å². The minimum absolute atomic E-state index is 0.241. The van der Waals surface area contributed by atoms with Gasteiger partial charge < -0.3 is 14.5 Å². The molecule has 2 aromatic carbocycles. The molecule has 168 valence electrons. The molecule has 4 aromatic rings. The van der Waals surface area contributed by atoms with Crippen LogP contribution in [0.15, 0.2) is 95.7 Å². The molecule has 0 unspecified atom stereocenters. The van der Waals surface area contributed by atoms with Gasteiger partial charge in [0.15, 0.2) is 5.76 Å². The molecule has 0 radical (unpaired) electrons. The highest BCUT2D eigenvalue weighted by atomic mass is 16.5.